The minimum absolute atomic E-state index is 0.237. The monoisotopic (exact) mass is 342 g/mol. The number of hydrogen-bond donors (Lipinski definition) is 2. The Morgan fingerprint density at radius 2 is 2.00 bits per heavy atom. The van der Waals surface area contributed by atoms with E-state index in [2.05, 4.69) is 40.5 Å². The number of anilines is 2. The van der Waals surface area contributed by atoms with E-state index in [-0.39, 0.29) is 5.91 Å². The largest absolute Gasteiger partial charge is 0.383 e. The van der Waals surface area contributed by atoms with Crippen LogP contribution in [0, 0.1) is 13.8 Å². The van der Waals surface area contributed by atoms with Crippen LogP contribution in [0.2, 0.25) is 0 Å². The summed E-state index contributed by atoms with van der Waals surface area (Å²) in [6, 6.07) is 7.85. The normalized spacial score (nSPS) is 10.8. The van der Waals surface area contributed by atoms with Crippen molar-refractivity contribution in [3.05, 3.63) is 46.8 Å². The Bertz CT molecular complexity index is 744. The molecular weight excluding hydrogens is 316 g/mol. The number of methoxy groups -OCH3 is 1. The number of nitrogens with zero attached hydrogens (tertiary/aromatic N) is 2. The fourth-order valence-corrected chi connectivity index (χ4v) is 2.55. The summed E-state index contributed by atoms with van der Waals surface area (Å²) in [6.07, 6.45) is 0. The van der Waals surface area contributed by atoms with Gasteiger partial charge in [0.2, 0.25) is 5.95 Å². The summed E-state index contributed by atoms with van der Waals surface area (Å²) in [5.74, 6) is 0.552. The number of ether oxygens (including phenoxy) is 1. The topological polar surface area (TPSA) is 76.1 Å². The number of aromatic nitrogens is 2. The molecule has 1 aromatic carbocycles. The molecule has 0 aliphatic rings. The number of hydrogen-bond acceptors (Lipinski definition) is 5. The zero-order valence-electron chi connectivity index (χ0n) is 15.5. The molecule has 0 aliphatic carbocycles. The SMILES string of the molecule is COCCNC(=O)c1cc(C)nc(Nc2c(C)cccc2C(C)C)n1. The van der Waals surface area contributed by atoms with Gasteiger partial charge in [0.25, 0.3) is 5.91 Å². The fraction of sp³-hybridized carbons (Fsp3) is 0.421. The summed E-state index contributed by atoms with van der Waals surface area (Å²) >= 11 is 0. The molecule has 0 unspecified atom stereocenters. The summed E-state index contributed by atoms with van der Waals surface area (Å²) in [4.78, 5) is 21.0. The third kappa shape index (κ3) is 5.00. The van der Waals surface area contributed by atoms with Gasteiger partial charge >= 0.3 is 0 Å². The molecule has 0 atom stereocenters. The highest BCUT2D eigenvalue weighted by atomic mass is 16.5. The predicted molar refractivity (Wildman–Crippen MR) is 99.5 cm³/mol. The van der Waals surface area contributed by atoms with Gasteiger partial charge in [0.1, 0.15) is 5.69 Å². The van der Waals surface area contributed by atoms with E-state index in [0.29, 0.717) is 30.7 Å². The first-order chi connectivity index (χ1) is 11.9. The van der Waals surface area contributed by atoms with Crippen molar-refractivity contribution in [2.45, 2.75) is 33.6 Å². The van der Waals surface area contributed by atoms with E-state index < -0.39 is 0 Å². The average Bonchev–Trinajstić information content (AvgIpc) is 2.56. The zero-order valence-corrected chi connectivity index (χ0v) is 15.5. The lowest BCUT2D eigenvalue weighted by atomic mass is 9.98. The first-order valence-electron chi connectivity index (χ1n) is 8.41. The van der Waals surface area contributed by atoms with Gasteiger partial charge in [-0.25, -0.2) is 9.97 Å². The van der Waals surface area contributed by atoms with Crippen LogP contribution in [0.4, 0.5) is 11.6 Å². The molecule has 2 rings (SSSR count). The van der Waals surface area contributed by atoms with E-state index in [4.69, 9.17) is 4.74 Å². The number of benzene rings is 1. The molecule has 0 radical (unpaired) electrons. The highest BCUT2D eigenvalue weighted by molar-refractivity contribution is 5.92. The van der Waals surface area contributed by atoms with Crippen molar-refractivity contribution in [2.24, 2.45) is 0 Å². The van der Waals surface area contributed by atoms with E-state index in [1.165, 1.54) is 5.56 Å². The minimum Gasteiger partial charge on any atom is -0.383 e. The maximum absolute atomic E-state index is 12.2. The summed E-state index contributed by atoms with van der Waals surface area (Å²) in [6.45, 7) is 9.08. The molecule has 1 heterocycles. The number of carbonyl (C=O) groups excluding carboxylic acids is 1. The Kier molecular flexibility index (Phi) is 6.47. The molecule has 0 bridgehead atoms. The average molecular weight is 342 g/mol. The second-order valence-electron chi connectivity index (χ2n) is 6.29. The molecular formula is C19H26N4O2. The molecule has 2 aromatic rings. The second-order valence-corrected chi connectivity index (χ2v) is 6.29. The van der Waals surface area contributed by atoms with E-state index in [1.807, 2.05) is 26.0 Å². The van der Waals surface area contributed by atoms with Crippen LogP contribution < -0.4 is 10.6 Å². The number of rotatable bonds is 7. The number of nitrogens with one attached hydrogen (secondary N) is 2. The van der Waals surface area contributed by atoms with Gasteiger partial charge in [-0.2, -0.15) is 0 Å². The Balaban J connectivity index is 2.28. The Labute approximate surface area is 149 Å². The summed E-state index contributed by atoms with van der Waals surface area (Å²) in [7, 11) is 1.59. The molecule has 0 spiro atoms. The smallest absolute Gasteiger partial charge is 0.270 e. The molecule has 0 saturated heterocycles. The highest BCUT2D eigenvalue weighted by Crippen LogP contribution is 2.29. The van der Waals surface area contributed by atoms with Crippen molar-refractivity contribution in [3.8, 4) is 0 Å². The van der Waals surface area contributed by atoms with Crippen LogP contribution in [0.5, 0.6) is 0 Å². The molecule has 1 amide bonds. The van der Waals surface area contributed by atoms with Gasteiger partial charge in [-0.3, -0.25) is 4.79 Å². The standard InChI is InChI=1S/C19H26N4O2/c1-12(2)15-8-6-7-13(3)17(15)23-19-21-14(4)11-16(22-19)18(24)20-9-10-25-5/h6-8,11-12H,9-10H2,1-5H3,(H,20,24)(H,21,22,23). The van der Waals surface area contributed by atoms with Crippen LogP contribution in [-0.2, 0) is 4.74 Å². The van der Waals surface area contributed by atoms with Gasteiger partial charge in [0, 0.05) is 25.0 Å². The number of aryl methyl sites for hydroxylation is 2. The van der Waals surface area contributed by atoms with Crippen molar-refractivity contribution >= 4 is 17.5 Å². The Morgan fingerprint density at radius 3 is 2.68 bits per heavy atom. The van der Waals surface area contributed by atoms with Gasteiger partial charge < -0.3 is 15.4 Å². The number of para-hydroxylation sites is 1. The zero-order chi connectivity index (χ0) is 18.4. The summed E-state index contributed by atoms with van der Waals surface area (Å²) in [5.41, 5.74) is 4.37. The van der Waals surface area contributed by atoms with Crippen molar-refractivity contribution in [1.82, 2.24) is 15.3 Å². The van der Waals surface area contributed by atoms with Gasteiger partial charge in [-0.05, 0) is 37.0 Å². The molecule has 134 valence electrons. The minimum atomic E-state index is -0.237. The lowest BCUT2D eigenvalue weighted by Crippen LogP contribution is -2.28. The molecule has 0 saturated carbocycles. The molecule has 6 nitrogen and oxygen atoms in total. The molecule has 0 aliphatic heterocycles. The van der Waals surface area contributed by atoms with Crippen molar-refractivity contribution < 1.29 is 9.53 Å². The van der Waals surface area contributed by atoms with Crippen molar-refractivity contribution in [3.63, 3.8) is 0 Å². The summed E-state index contributed by atoms with van der Waals surface area (Å²) in [5, 5.41) is 6.08. The molecule has 0 fully saturated rings. The van der Waals surface area contributed by atoms with Crippen molar-refractivity contribution in [2.75, 3.05) is 25.6 Å². The Morgan fingerprint density at radius 1 is 1.24 bits per heavy atom. The van der Waals surface area contributed by atoms with Crippen LogP contribution in [0.3, 0.4) is 0 Å². The van der Waals surface area contributed by atoms with Crippen LogP contribution in [0.15, 0.2) is 24.3 Å². The third-order valence-corrected chi connectivity index (χ3v) is 3.84. The van der Waals surface area contributed by atoms with Crippen LogP contribution in [0.1, 0.15) is 47.1 Å². The summed E-state index contributed by atoms with van der Waals surface area (Å²) < 4.78 is 4.94. The van der Waals surface area contributed by atoms with Gasteiger partial charge in [0.05, 0.1) is 6.61 Å². The van der Waals surface area contributed by atoms with E-state index >= 15 is 0 Å². The lowest BCUT2D eigenvalue weighted by Gasteiger charge is -2.17. The third-order valence-electron chi connectivity index (χ3n) is 3.84. The first-order valence-corrected chi connectivity index (χ1v) is 8.41. The van der Waals surface area contributed by atoms with E-state index in [0.717, 1.165) is 16.9 Å². The van der Waals surface area contributed by atoms with Crippen LogP contribution in [0.25, 0.3) is 0 Å². The van der Waals surface area contributed by atoms with Gasteiger partial charge in [0.15, 0.2) is 0 Å². The van der Waals surface area contributed by atoms with Gasteiger partial charge in [-0.15, -0.1) is 0 Å². The highest BCUT2D eigenvalue weighted by Gasteiger charge is 2.13. The molecule has 1 aromatic heterocycles. The van der Waals surface area contributed by atoms with E-state index in [9.17, 15) is 4.79 Å². The molecule has 2 N–H and O–H groups in total. The van der Waals surface area contributed by atoms with E-state index in [1.54, 1.807) is 13.2 Å². The number of amides is 1. The molecule has 6 heteroatoms. The maximum Gasteiger partial charge on any atom is 0.270 e. The molecule has 25 heavy (non-hydrogen) atoms. The fourth-order valence-electron chi connectivity index (χ4n) is 2.55. The second kappa shape index (κ2) is 8.58. The van der Waals surface area contributed by atoms with Crippen molar-refractivity contribution in [1.29, 1.82) is 0 Å². The predicted octanol–water partition coefficient (Wildman–Crippen LogP) is 3.34. The van der Waals surface area contributed by atoms with Crippen LogP contribution >= 0.6 is 0 Å². The Hall–Kier alpha value is -2.47. The van der Waals surface area contributed by atoms with Gasteiger partial charge in [-0.1, -0.05) is 32.0 Å². The maximum atomic E-state index is 12.2. The van der Waals surface area contributed by atoms with Crippen LogP contribution in [-0.4, -0.2) is 36.1 Å². The first kappa shape index (κ1) is 18.9. The number of carbonyl (C=O) groups is 1. The quantitative estimate of drug-likeness (QED) is 0.755. The lowest BCUT2D eigenvalue weighted by molar-refractivity contribution is 0.0932.